The minimum absolute atomic E-state index is 0.286. The molecule has 0 aliphatic heterocycles. The first-order valence-corrected chi connectivity index (χ1v) is 7.49. The molecule has 0 saturated heterocycles. The van der Waals surface area contributed by atoms with Crippen molar-refractivity contribution in [3.8, 4) is 0 Å². The van der Waals surface area contributed by atoms with Gasteiger partial charge in [-0.25, -0.2) is 8.78 Å². The molecule has 0 heterocycles. The number of hydrogen-bond acceptors (Lipinski definition) is 0. The average Bonchev–Trinajstić information content (AvgIpc) is 2.43. The summed E-state index contributed by atoms with van der Waals surface area (Å²) in [4.78, 5) is 0. The highest BCUT2D eigenvalue weighted by Gasteiger charge is 2.37. The van der Waals surface area contributed by atoms with Crippen LogP contribution in [0.1, 0.15) is 43.2 Å². The van der Waals surface area contributed by atoms with Crippen molar-refractivity contribution in [2.45, 2.75) is 44.7 Å². The van der Waals surface area contributed by atoms with Gasteiger partial charge in [0.1, 0.15) is 17.2 Å². The number of aryl methyl sites for hydroxylation is 1. The van der Waals surface area contributed by atoms with E-state index in [1.807, 2.05) is 6.08 Å². The third kappa shape index (κ3) is 4.08. The lowest BCUT2D eigenvalue weighted by atomic mass is 9.79. The van der Waals surface area contributed by atoms with E-state index in [9.17, 15) is 22.0 Å². The Bertz CT molecular complexity index is 501. The molecule has 0 radical (unpaired) electrons. The normalized spacial score (nSPS) is 22.6. The molecule has 0 amide bonds. The van der Waals surface area contributed by atoms with E-state index in [1.165, 1.54) is 0 Å². The molecular formula is C17H19F5. The fourth-order valence-electron chi connectivity index (χ4n) is 3.12. The van der Waals surface area contributed by atoms with Gasteiger partial charge in [-0.05, 0) is 68.1 Å². The molecule has 22 heavy (non-hydrogen) atoms. The summed E-state index contributed by atoms with van der Waals surface area (Å²) < 4.78 is 64.5. The molecule has 1 aliphatic rings. The van der Waals surface area contributed by atoms with Gasteiger partial charge in [0.15, 0.2) is 0 Å². The van der Waals surface area contributed by atoms with Crippen LogP contribution < -0.4 is 0 Å². The van der Waals surface area contributed by atoms with E-state index in [0.29, 0.717) is 18.3 Å². The van der Waals surface area contributed by atoms with E-state index in [2.05, 4.69) is 6.58 Å². The standard InChI is InChI=1S/C17H19F5/c1-2-11-3-5-12(6-4-11)7-8-13-9-14(18)16(15(19)10-13)17(20,21)22/h2,9-12H,1,3-8H2/t11-,12-. The van der Waals surface area contributed by atoms with Crippen LogP contribution in [0.25, 0.3) is 0 Å². The zero-order valence-corrected chi connectivity index (χ0v) is 12.2. The van der Waals surface area contributed by atoms with Crippen LogP contribution in [0.5, 0.6) is 0 Å². The van der Waals surface area contributed by atoms with Crippen LogP contribution in [-0.2, 0) is 12.6 Å². The van der Waals surface area contributed by atoms with Gasteiger partial charge in [0.25, 0.3) is 0 Å². The van der Waals surface area contributed by atoms with Gasteiger partial charge >= 0.3 is 6.18 Å². The maximum atomic E-state index is 13.5. The first kappa shape index (κ1) is 17.0. The molecule has 1 aliphatic carbocycles. The topological polar surface area (TPSA) is 0 Å². The molecule has 1 fully saturated rings. The smallest absolute Gasteiger partial charge is 0.206 e. The van der Waals surface area contributed by atoms with Crippen molar-refractivity contribution in [3.63, 3.8) is 0 Å². The Morgan fingerprint density at radius 3 is 2.05 bits per heavy atom. The van der Waals surface area contributed by atoms with Crippen LogP contribution in [-0.4, -0.2) is 0 Å². The van der Waals surface area contributed by atoms with E-state index in [4.69, 9.17) is 0 Å². The largest absolute Gasteiger partial charge is 0.422 e. The van der Waals surface area contributed by atoms with E-state index in [1.54, 1.807) is 0 Å². The van der Waals surface area contributed by atoms with Gasteiger partial charge in [-0.2, -0.15) is 13.2 Å². The predicted octanol–water partition coefficient (Wildman–Crippen LogP) is 5.91. The third-order valence-electron chi connectivity index (χ3n) is 4.45. The van der Waals surface area contributed by atoms with Gasteiger partial charge < -0.3 is 0 Å². The highest BCUT2D eigenvalue weighted by molar-refractivity contribution is 5.28. The Morgan fingerprint density at radius 1 is 1.05 bits per heavy atom. The van der Waals surface area contributed by atoms with Crippen LogP contribution in [0, 0.1) is 23.5 Å². The van der Waals surface area contributed by atoms with Gasteiger partial charge in [0, 0.05) is 0 Å². The van der Waals surface area contributed by atoms with Crippen molar-refractivity contribution in [2.75, 3.05) is 0 Å². The highest BCUT2D eigenvalue weighted by Crippen LogP contribution is 2.35. The summed E-state index contributed by atoms with van der Waals surface area (Å²) >= 11 is 0. The average molecular weight is 318 g/mol. The van der Waals surface area contributed by atoms with Crippen molar-refractivity contribution < 1.29 is 22.0 Å². The van der Waals surface area contributed by atoms with E-state index in [0.717, 1.165) is 44.2 Å². The number of allylic oxidation sites excluding steroid dienone is 1. The molecule has 0 bridgehead atoms. The summed E-state index contributed by atoms with van der Waals surface area (Å²) in [6.07, 6.45) is 2.27. The lowest BCUT2D eigenvalue weighted by Gasteiger charge is -2.26. The number of halogens is 5. The van der Waals surface area contributed by atoms with E-state index >= 15 is 0 Å². The molecule has 1 aromatic carbocycles. The second kappa shape index (κ2) is 6.80. The summed E-state index contributed by atoms with van der Waals surface area (Å²) in [7, 11) is 0. The Balaban J connectivity index is 1.98. The molecule has 122 valence electrons. The van der Waals surface area contributed by atoms with Gasteiger partial charge in [-0.1, -0.05) is 6.08 Å². The van der Waals surface area contributed by atoms with Crippen molar-refractivity contribution in [1.29, 1.82) is 0 Å². The lowest BCUT2D eigenvalue weighted by Crippen LogP contribution is -2.14. The van der Waals surface area contributed by atoms with Gasteiger partial charge in [-0.15, -0.1) is 6.58 Å². The first-order chi connectivity index (χ1) is 10.3. The molecular weight excluding hydrogens is 299 g/mol. The Labute approximate surface area is 127 Å². The second-order valence-electron chi connectivity index (χ2n) is 5.99. The Hall–Kier alpha value is -1.39. The maximum absolute atomic E-state index is 13.5. The van der Waals surface area contributed by atoms with Crippen molar-refractivity contribution in [1.82, 2.24) is 0 Å². The lowest BCUT2D eigenvalue weighted by molar-refractivity contribution is -0.142. The van der Waals surface area contributed by atoms with E-state index in [-0.39, 0.29) is 5.56 Å². The van der Waals surface area contributed by atoms with Crippen LogP contribution >= 0.6 is 0 Å². The summed E-state index contributed by atoms with van der Waals surface area (Å²) in [6.45, 7) is 3.78. The number of alkyl halides is 3. The van der Waals surface area contributed by atoms with Gasteiger partial charge in [0.05, 0.1) is 0 Å². The summed E-state index contributed by atoms with van der Waals surface area (Å²) in [5, 5.41) is 0. The molecule has 0 nitrogen and oxygen atoms in total. The molecule has 1 saturated carbocycles. The Morgan fingerprint density at radius 2 is 1.59 bits per heavy atom. The number of rotatable bonds is 4. The Kier molecular flexibility index (Phi) is 5.24. The minimum atomic E-state index is -5.00. The van der Waals surface area contributed by atoms with Crippen LogP contribution in [0.4, 0.5) is 22.0 Å². The van der Waals surface area contributed by atoms with Gasteiger partial charge in [0.2, 0.25) is 0 Å². The zero-order chi connectivity index (χ0) is 16.3. The molecule has 1 aromatic rings. The number of benzene rings is 1. The molecule has 0 unspecified atom stereocenters. The molecule has 0 spiro atoms. The van der Waals surface area contributed by atoms with Crippen molar-refractivity contribution in [3.05, 3.63) is 47.5 Å². The molecule has 0 aromatic heterocycles. The minimum Gasteiger partial charge on any atom is -0.206 e. The van der Waals surface area contributed by atoms with E-state index < -0.39 is 23.4 Å². The van der Waals surface area contributed by atoms with Crippen LogP contribution in [0.15, 0.2) is 24.8 Å². The first-order valence-electron chi connectivity index (χ1n) is 7.49. The molecule has 5 heteroatoms. The fraction of sp³-hybridized carbons (Fsp3) is 0.529. The maximum Gasteiger partial charge on any atom is 0.422 e. The number of hydrogen-bond donors (Lipinski definition) is 0. The van der Waals surface area contributed by atoms with Crippen LogP contribution in [0.2, 0.25) is 0 Å². The third-order valence-corrected chi connectivity index (χ3v) is 4.45. The van der Waals surface area contributed by atoms with Crippen molar-refractivity contribution in [2.24, 2.45) is 11.8 Å². The highest BCUT2D eigenvalue weighted by atomic mass is 19.4. The SMILES string of the molecule is C=C[C@H]1CC[C@H](CCc2cc(F)c(C(F)(F)F)c(F)c2)CC1. The summed E-state index contributed by atoms with van der Waals surface area (Å²) in [6, 6.07) is 1.61. The quantitative estimate of drug-likeness (QED) is 0.478. The molecule has 0 N–H and O–H groups in total. The molecule has 0 atom stereocenters. The van der Waals surface area contributed by atoms with Gasteiger partial charge in [-0.3, -0.25) is 0 Å². The summed E-state index contributed by atoms with van der Waals surface area (Å²) in [5.41, 5.74) is -1.52. The molecule has 2 rings (SSSR count). The second-order valence-corrected chi connectivity index (χ2v) is 5.99. The summed E-state index contributed by atoms with van der Waals surface area (Å²) in [5.74, 6) is -2.06. The predicted molar refractivity (Wildman–Crippen MR) is 75.3 cm³/mol. The zero-order valence-electron chi connectivity index (χ0n) is 12.2. The fourth-order valence-corrected chi connectivity index (χ4v) is 3.12. The van der Waals surface area contributed by atoms with Crippen molar-refractivity contribution >= 4 is 0 Å². The monoisotopic (exact) mass is 318 g/mol. The van der Waals surface area contributed by atoms with Crippen LogP contribution in [0.3, 0.4) is 0 Å².